The fourth-order valence-electron chi connectivity index (χ4n) is 9.00. The maximum atomic E-state index is 13.5. The molecule has 0 bridgehead atoms. The zero-order chi connectivity index (χ0) is 44.7. The van der Waals surface area contributed by atoms with Gasteiger partial charge in [-0.3, -0.25) is 29.0 Å². The van der Waals surface area contributed by atoms with Crippen molar-refractivity contribution in [3.05, 3.63) is 139 Å². The number of carbonyl (C=O) groups is 4. The minimum absolute atomic E-state index is 0. The molecule has 2 unspecified atom stereocenters. The number of nitrogens with one attached hydrogen (secondary N) is 1. The first kappa shape index (κ1) is 49.2. The van der Waals surface area contributed by atoms with Crippen LogP contribution in [0.5, 0.6) is 0 Å². The number of fused-ring (bicyclic) bond motifs is 2. The molecule has 2 atom stereocenters. The van der Waals surface area contributed by atoms with Crippen LogP contribution in [0.2, 0.25) is 20.1 Å². The van der Waals surface area contributed by atoms with Crippen LogP contribution in [0.3, 0.4) is 0 Å². The number of Topliss-reactive ketones (excluding diaryl/α,β-unsaturated/α-hetero) is 2. The van der Waals surface area contributed by atoms with Gasteiger partial charge in [-0.25, -0.2) is 0 Å². The van der Waals surface area contributed by atoms with Crippen LogP contribution in [0.1, 0.15) is 97.9 Å². The third-order valence-electron chi connectivity index (χ3n) is 11.4. The van der Waals surface area contributed by atoms with Crippen molar-refractivity contribution in [2.45, 2.75) is 86.7 Å². The van der Waals surface area contributed by atoms with Gasteiger partial charge < -0.3 is 10.2 Å². The molecule has 0 aromatic heterocycles. The molecule has 0 radical (unpaired) electrons. The van der Waals surface area contributed by atoms with Gasteiger partial charge in [0.15, 0.2) is 11.6 Å². The van der Waals surface area contributed by atoms with E-state index in [9.17, 15) is 19.2 Å². The van der Waals surface area contributed by atoms with Crippen molar-refractivity contribution in [1.29, 1.82) is 0 Å². The Morgan fingerprint density at radius 3 is 1.58 bits per heavy atom. The molecule has 2 aliphatic heterocycles. The molecule has 0 spiro atoms. The summed E-state index contributed by atoms with van der Waals surface area (Å²) in [4.78, 5) is 60.2. The molecule has 2 heterocycles. The summed E-state index contributed by atoms with van der Waals surface area (Å²) < 4.78 is 0. The molecule has 4 aliphatic rings. The predicted octanol–water partition coefficient (Wildman–Crippen LogP) is 14.0. The van der Waals surface area contributed by atoms with Crippen molar-refractivity contribution in [3.8, 4) is 0 Å². The van der Waals surface area contributed by atoms with Gasteiger partial charge in [0.1, 0.15) is 0 Å². The van der Waals surface area contributed by atoms with Crippen LogP contribution < -0.4 is 20.0 Å². The largest absolute Gasteiger partial charge is 0.357 e. The summed E-state index contributed by atoms with van der Waals surface area (Å²) in [6.07, 6.45) is 2.27. The maximum Gasteiger partial charge on any atom is 0.224 e. The van der Waals surface area contributed by atoms with Crippen LogP contribution in [-0.2, 0) is 19.2 Å². The lowest BCUT2D eigenvalue weighted by molar-refractivity contribution is -0.120. The number of hydrogen-bond donors (Lipinski definition) is 1. The van der Waals surface area contributed by atoms with Crippen molar-refractivity contribution in [2.24, 2.45) is 10.8 Å². The van der Waals surface area contributed by atoms with Gasteiger partial charge in [0.2, 0.25) is 11.8 Å². The normalized spacial score (nSPS) is 19.7. The number of halogens is 5. The summed E-state index contributed by atoms with van der Waals surface area (Å²) >= 11 is 27.6. The highest BCUT2D eigenvalue weighted by Gasteiger charge is 2.46. The zero-order valence-electron chi connectivity index (χ0n) is 35.4. The number of anilines is 4. The number of para-hydroxylation sites is 4. The minimum Gasteiger partial charge on any atom is -0.357 e. The number of benzene rings is 4. The first-order valence-corrected chi connectivity index (χ1v) is 23.5. The third kappa shape index (κ3) is 9.77. The van der Waals surface area contributed by atoms with Crippen LogP contribution in [-0.4, -0.2) is 35.4 Å². The Balaban J connectivity index is 0.000000222. The number of rotatable bonds is 2. The Morgan fingerprint density at radius 1 is 0.629 bits per heavy atom. The highest BCUT2D eigenvalue weighted by molar-refractivity contribution is 14.1. The standard InChI is InChI=1S/C24H24Cl2N2O2.C23H22Cl2N2O2.CH3I.CH4/c1-14(29)28-19-8-6-5-7-18(19)27(4)20-12-24(2,3)13-21(30)22(20)23(28)16-10-9-15(25)11-17(16)26;1-13(28)27-19-7-5-4-6-17(19)26-18-11-23(2,3)12-20(29)21(18)22(27)15-9-8-14(24)10-16(15)25;1-2;/h5-11,23H,12-13H2,1-4H3;4-10,22,26H,11-12H2,1-3H3;1H3;1H4. The van der Waals surface area contributed by atoms with Gasteiger partial charge in [-0.15, -0.1) is 0 Å². The number of allylic oxidation sites excluding steroid dienone is 2. The molecule has 0 saturated heterocycles. The second kappa shape index (κ2) is 19.5. The van der Waals surface area contributed by atoms with E-state index in [1.54, 1.807) is 40.1 Å². The molecule has 62 heavy (non-hydrogen) atoms. The predicted molar refractivity (Wildman–Crippen MR) is 266 cm³/mol. The van der Waals surface area contributed by atoms with E-state index in [0.29, 0.717) is 61.6 Å². The van der Waals surface area contributed by atoms with Gasteiger partial charge in [0.25, 0.3) is 0 Å². The smallest absolute Gasteiger partial charge is 0.224 e. The number of carbonyl (C=O) groups excluding carboxylic acids is 4. The Morgan fingerprint density at radius 2 is 1.06 bits per heavy atom. The summed E-state index contributed by atoms with van der Waals surface area (Å²) in [5, 5.41) is 5.34. The van der Waals surface area contributed by atoms with Crippen LogP contribution in [0.4, 0.5) is 22.7 Å². The van der Waals surface area contributed by atoms with Crippen LogP contribution in [0.15, 0.2) is 107 Å². The molecule has 1 N–H and O–H groups in total. The first-order chi connectivity index (χ1) is 28.8. The second-order valence-electron chi connectivity index (χ2n) is 17.2. The summed E-state index contributed by atoms with van der Waals surface area (Å²) in [6.45, 7) is 11.4. The van der Waals surface area contributed by atoms with Crippen molar-refractivity contribution >= 4 is 115 Å². The Bertz CT molecular complexity index is 2500. The fourth-order valence-corrected chi connectivity index (χ4v) is 10.0. The minimum atomic E-state index is -0.619. The highest BCUT2D eigenvalue weighted by atomic mass is 127. The SMILES string of the molecule is C.CC(=O)N1c2ccccc2N(C)C2=C(C(=O)CC(C)(C)C2)C1c1ccc(Cl)cc1Cl.CC(=O)N1c2ccccc2NC2=C(C(=O)CC(C)(C)C2)C1c1ccc(Cl)cc1Cl.CI. The van der Waals surface area contributed by atoms with E-state index >= 15 is 0 Å². The van der Waals surface area contributed by atoms with Gasteiger partial charge in [0.05, 0.1) is 34.8 Å². The molecule has 13 heteroatoms. The van der Waals surface area contributed by atoms with Gasteiger partial charge in [-0.1, -0.05) is 141 Å². The van der Waals surface area contributed by atoms with E-state index in [-0.39, 0.29) is 41.6 Å². The molecule has 2 amide bonds. The highest BCUT2D eigenvalue weighted by Crippen LogP contribution is 2.52. The maximum absolute atomic E-state index is 13.5. The second-order valence-corrected chi connectivity index (χ2v) is 18.9. The lowest BCUT2D eigenvalue weighted by Crippen LogP contribution is -2.39. The summed E-state index contributed by atoms with van der Waals surface area (Å²) in [7, 11) is 1.97. The van der Waals surface area contributed by atoms with Gasteiger partial charge in [0, 0.05) is 76.4 Å². The van der Waals surface area contributed by atoms with E-state index in [2.05, 4.69) is 60.5 Å². The summed E-state index contributed by atoms with van der Waals surface area (Å²) in [5.41, 5.74) is 7.21. The van der Waals surface area contributed by atoms with Crippen LogP contribution in [0.25, 0.3) is 0 Å². The van der Waals surface area contributed by atoms with Crippen molar-refractivity contribution < 1.29 is 19.2 Å². The van der Waals surface area contributed by atoms with Crippen molar-refractivity contribution in [2.75, 3.05) is 32.0 Å². The Labute approximate surface area is 399 Å². The molecule has 4 aromatic carbocycles. The number of amides is 2. The van der Waals surface area contributed by atoms with E-state index in [1.807, 2.05) is 66.6 Å². The molecule has 8 nitrogen and oxygen atoms in total. The quantitative estimate of drug-likeness (QED) is 0.159. The van der Waals surface area contributed by atoms with Crippen LogP contribution >= 0.6 is 69.0 Å². The van der Waals surface area contributed by atoms with Gasteiger partial charge >= 0.3 is 0 Å². The number of hydrogen-bond acceptors (Lipinski definition) is 6. The molecule has 4 aromatic rings. The lowest BCUT2D eigenvalue weighted by atomic mass is 9.73. The lowest BCUT2D eigenvalue weighted by Gasteiger charge is -2.38. The molecular weight excluding hydrogens is 977 g/mol. The Kier molecular flexibility index (Phi) is 15.4. The molecule has 328 valence electrons. The van der Waals surface area contributed by atoms with E-state index in [4.69, 9.17) is 46.4 Å². The van der Waals surface area contributed by atoms with E-state index in [0.717, 1.165) is 40.6 Å². The van der Waals surface area contributed by atoms with E-state index < -0.39 is 12.1 Å². The molecule has 2 aliphatic carbocycles. The van der Waals surface area contributed by atoms with Gasteiger partial charge in [-0.05, 0) is 88.3 Å². The number of ketones is 2. The summed E-state index contributed by atoms with van der Waals surface area (Å²) in [5.74, 6) is -0.248. The zero-order valence-corrected chi connectivity index (χ0v) is 40.6. The average Bonchev–Trinajstić information content (AvgIpc) is 3.38. The fraction of sp³-hybridized carbons (Fsp3) is 0.347. The van der Waals surface area contributed by atoms with Gasteiger partial charge in [-0.2, -0.15) is 0 Å². The molecule has 0 fully saturated rings. The topological polar surface area (TPSA) is 90.0 Å². The van der Waals surface area contributed by atoms with Crippen LogP contribution in [0, 0.1) is 10.8 Å². The Hall–Kier alpha value is -3.87. The molecular formula is C49H53Cl4IN4O4. The monoisotopic (exact) mass is 1030 g/mol. The number of alkyl halides is 1. The summed E-state index contributed by atoms with van der Waals surface area (Å²) in [6, 6.07) is 24.5. The first-order valence-electron chi connectivity index (χ1n) is 19.9. The number of nitrogens with zero attached hydrogens (tertiary/aromatic N) is 3. The molecule has 8 rings (SSSR count). The molecule has 0 saturated carbocycles. The van der Waals surface area contributed by atoms with E-state index in [1.165, 1.54) is 13.8 Å². The third-order valence-corrected chi connectivity index (χ3v) is 12.6. The van der Waals surface area contributed by atoms with Crippen molar-refractivity contribution in [1.82, 2.24) is 0 Å². The average molecular weight is 1030 g/mol. The van der Waals surface area contributed by atoms with Crippen molar-refractivity contribution in [3.63, 3.8) is 0 Å².